The Kier molecular flexibility index (Phi) is 7.39. The van der Waals surface area contributed by atoms with Crippen LogP contribution < -0.4 is 15.0 Å². The second-order valence-corrected chi connectivity index (χ2v) is 8.36. The van der Waals surface area contributed by atoms with E-state index in [1.165, 1.54) is 6.07 Å². The molecule has 12 heteroatoms. The molecule has 1 aliphatic rings. The van der Waals surface area contributed by atoms with Gasteiger partial charge in [0.25, 0.3) is 11.7 Å². The Balaban J connectivity index is 1.34. The van der Waals surface area contributed by atoms with E-state index in [0.29, 0.717) is 43.7 Å². The molecule has 2 aromatic heterocycles. The normalized spacial score (nSPS) is 15.9. The molecule has 0 spiro atoms. The number of rotatable bonds is 8. The molecule has 1 atom stereocenters. The number of benzene rings is 1. The molecule has 1 unspecified atom stereocenters. The van der Waals surface area contributed by atoms with E-state index >= 15 is 0 Å². The van der Waals surface area contributed by atoms with Gasteiger partial charge in [0.1, 0.15) is 11.6 Å². The van der Waals surface area contributed by atoms with Gasteiger partial charge in [-0.05, 0) is 55.5 Å². The molecule has 3 aromatic rings. The van der Waals surface area contributed by atoms with Gasteiger partial charge in [0.15, 0.2) is 11.8 Å². The lowest BCUT2D eigenvalue weighted by atomic mass is 9.89. The molecule has 188 valence electrons. The Morgan fingerprint density at radius 2 is 1.86 bits per heavy atom. The molecule has 4 rings (SSSR count). The van der Waals surface area contributed by atoms with Crippen LogP contribution in [-0.2, 0) is 15.7 Å². The van der Waals surface area contributed by atoms with Crippen molar-refractivity contribution in [3.8, 4) is 5.75 Å². The standard InChI is InChI=1S/C23H27F3N6O3/c1-15(21(33)27-11-14-34-2)35-18-5-3-16(4-6-18)17-9-12-31(13-10-17)20-8-7-19-28-29-22(23(24,25)26)32(19)30-20/h3-8,15,17H,9-14H2,1-2H3,(H,27,33). The van der Waals surface area contributed by atoms with Gasteiger partial charge in [-0.25, -0.2) is 0 Å². The van der Waals surface area contributed by atoms with Crippen LogP contribution in [0.25, 0.3) is 5.65 Å². The highest BCUT2D eigenvalue weighted by Gasteiger charge is 2.38. The minimum atomic E-state index is -4.63. The van der Waals surface area contributed by atoms with E-state index in [1.54, 1.807) is 20.1 Å². The first-order valence-electron chi connectivity index (χ1n) is 11.3. The molecular formula is C23H27F3N6O3. The quantitative estimate of drug-likeness (QED) is 0.483. The summed E-state index contributed by atoms with van der Waals surface area (Å²) in [6.07, 6.45) is -3.60. The van der Waals surface area contributed by atoms with Gasteiger partial charge in [-0.1, -0.05) is 12.1 Å². The summed E-state index contributed by atoms with van der Waals surface area (Å²) in [5.74, 6) is 0.0298. The fraction of sp³-hybridized carbons (Fsp3) is 0.478. The highest BCUT2D eigenvalue weighted by molar-refractivity contribution is 5.80. The molecule has 9 nitrogen and oxygen atoms in total. The lowest BCUT2D eigenvalue weighted by Gasteiger charge is -2.33. The van der Waals surface area contributed by atoms with Crippen molar-refractivity contribution in [2.75, 3.05) is 38.3 Å². The lowest BCUT2D eigenvalue weighted by molar-refractivity contribution is -0.146. The molecule has 1 aromatic carbocycles. The van der Waals surface area contributed by atoms with Gasteiger partial charge in [-0.15, -0.1) is 15.3 Å². The van der Waals surface area contributed by atoms with Crippen molar-refractivity contribution in [3.05, 3.63) is 47.8 Å². The molecule has 1 saturated heterocycles. The zero-order valence-electron chi connectivity index (χ0n) is 19.5. The van der Waals surface area contributed by atoms with Crippen LogP contribution in [0.1, 0.15) is 37.1 Å². The van der Waals surface area contributed by atoms with Crippen LogP contribution in [0.2, 0.25) is 0 Å². The van der Waals surface area contributed by atoms with Crippen molar-refractivity contribution in [1.82, 2.24) is 25.1 Å². The topological polar surface area (TPSA) is 93.9 Å². The molecule has 35 heavy (non-hydrogen) atoms. The summed E-state index contributed by atoms with van der Waals surface area (Å²) in [6.45, 7) is 3.86. The molecule has 1 fully saturated rings. The highest BCUT2D eigenvalue weighted by Crippen LogP contribution is 2.32. The van der Waals surface area contributed by atoms with Crippen molar-refractivity contribution in [2.24, 2.45) is 0 Å². The van der Waals surface area contributed by atoms with Gasteiger partial charge in [0.2, 0.25) is 0 Å². The lowest BCUT2D eigenvalue weighted by Crippen LogP contribution is -2.37. The fourth-order valence-electron chi connectivity index (χ4n) is 4.06. The van der Waals surface area contributed by atoms with E-state index in [9.17, 15) is 18.0 Å². The Morgan fingerprint density at radius 3 is 2.51 bits per heavy atom. The summed E-state index contributed by atoms with van der Waals surface area (Å²) in [4.78, 5) is 14.0. The Morgan fingerprint density at radius 1 is 1.14 bits per heavy atom. The second-order valence-electron chi connectivity index (χ2n) is 8.36. The summed E-state index contributed by atoms with van der Waals surface area (Å²) in [5, 5.41) is 13.7. The molecule has 0 saturated carbocycles. The van der Waals surface area contributed by atoms with Gasteiger partial charge in [-0.2, -0.15) is 17.7 Å². The van der Waals surface area contributed by atoms with Gasteiger partial charge in [0.05, 0.1) is 6.61 Å². The number of halogens is 3. The number of nitrogens with one attached hydrogen (secondary N) is 1. The molecule has 0 bridgehead atoms. The number of fused-ring (bicyclic) bond motifs is 1. The first kappa shape index (κ1) is 24.7. The molecule has 1 aliphatic heterocycles. The average molecular weight is 493 g/mol. The van der Waals surface area contributed by atoms with Crippen LogP contribution in [-0.4, -0.2) is 65.2 Å². The highest BCUT2D eigenvalue weighted by atomic mass is 19.4. The summed E-state index contributed by atoms with van der Waals surface area (Å²) < 4.78 is 50.9. The number of anilines is 1. The third-order valence-electron chi connectivity index (χ3n) is 5.96. The third kappa shape index (κ3) is 5.81. The molecule has 0 radical (unpaired) electrons. The van der Waals surface area contributed by atoms with Crippen LogP contribution in [0.15, 0.2) is 36.4 Å². The van der Waals surface area contributed by atoms with E-state index in [4.69, 9.17) is 9.47 Å². The smallest absolute Gasteiger partial charge is 0.453 e. The molecule has 1 N–H and O–H groups in total. The van der Waals surface area contributed by atoms with Gasteiger partial charge < -0.3 is 19.7 Å². The van der Waals surface area contributed by atoms with Crippen LogP contribution in [0, 0.1) is 0 Å². The predicted molar refractivity (Wildman–Crippen MR) is 121 cm³/mol. The van der Waals surface area contributed by atoms with Gasteiger partial charge in [0, 0.05) is 26.7 Å². The molecule has 1 amide bonds. The molecule has 0 aliphatic carbocycles. The van der Waals surface area contributed by atoms with Crippen molar-refractivity contribution < 1.29 is 27.4 Å². The number of aromatic nitrogens is 4. The number of methoxy groups -OCH3 is 1. The summed E-state index contributed by atoms with van der Waals surface area (Å²) in [6, 6.07) is 10.8. The number of hydrogen-bond donors (Lipinski definition) is 1. The van der Waals surface area contributed by atoms with Crippen LogP contribution in [0.5, 0.6) is 5.75 Å². The summed E-state index contributed by atoms with van der Waals surface area (Å²) in [5.41, 5.74) is 1.20. The minimum absolute atomic E-state index is 0.0556. The van der Waals surface area contributed by atoms with E-state index in [0.717, 1.165) is 22.9 Å². The van der Waals surface area contributed by atoms with Crippen LogP contribution >= 0.6 is 0 Å². The average Bonchev–Trinajstić information content (AvgIpc) is 3.29. The zero-order valence-corrected chi connectivity index (χ0v) is 19.5. The largest absolute Gasteiger partial charge is 0.481 e. The van der Waals surface area contributed by atoms with Crippen molar-refractivity contribution in [2.45, 2.75) is 38.0 Å². The summed E-state index contributed by atoms with van der Waals surface area (Å²) in [7, 11) is 1.57. The van der Waals surface area contributed by atoms with Crippen molar-refractivity contribution >= 4 is 17.4 Å². The minimum Gasteiger partial charge on any atom is -0.481 e. The fourth-order valence-corrected chi connectivity index (χ4v) is 4.06. The van der Waals surface area contributed by atoms with Crippen molar-refractivity contribution in [3.63, 3.8) is 0 Å². The molecule has 3 heterocycles. The number of ether oxygens (including phenoxy) is 2. The SMILES string of the molecule is COCCNC(=O)C(C)Oc1ccc(C2CCN(c3ccc4nnc(C(F)(F)F)n4n3)CC2)cc1. The number of piperidine rings is 1. The number of carbonyl (C=O) groups excluding carboxylic acids is 1. The first-order chi connectivity index (χ1) is 16.8. The Bertz CT molecular complexity index is 1140. The zero-order chi connectivity index (χ0) is 25.0. The maximum absolute atomic E-state index is 13.2. The first-order valence-corrected chi connectivity index (χ1v) is 11.3. The number of alkyl halides is 3. The monoisotopic (exact) mass is 492 g/mol. The number of amides is 1. The molecular weight excluding hydrogens is 465 g/mol. The predicted octanol–water partition coefficient (Wildman–Crippen LogP) is 3.06. The van der Waals surface area contributed by atoms with Crippen molar-refractivity contribution in [1.29, 1.82) is 0 Å². The number of nitrogens with zero attached hydrogens (tertiary/aromatic N) is 5. The Hall–Kier alpha value is -3.41. The maximum atomic E-state index is 13.2. The Labute approximate surface area is 200 Å². The van der Waals surface area contributed by atoms with E-state index < -0.39 is 18.1 Å². The van der Waals surface area contributed by atoms with E-state index in [1.807, 2.05) is 29.2 Å². The van der Waals surface area contributed by atoms with E-state index in [-0.39, 0.29) is 11.6 Å². The van der Waals surface area contributed by atoms with Gasteiger partial charge >= 0.3 is 6.18 Å². The van der Waals surface area contributed by atoms with Crippen LogP contribution in [0.4, 0.5) is 19.0 Å². The van der Waals surface area contributed by atoms with E-state index in [2.05, 4.69) is 20.6 Å². The third-order valence-corrected chi connectivity index (χ3v) is 5.96. The number of carbonyl (C=O) groups is 1. The second kappa shape index (κ2) is 10.5. The number of hydrogen-bond acceptors (Lipinski definition) is 7. The van der Waals surface area contributed by atoms with Gasteiger partial charge in [-0.3, -0.25) is 4.79 Å². The summed E-state index contributed by atoms with van der Waals surface area (Å²) >= 11 is 0. The van der Waals surface area contributed by atoms with Crippen LogP contribution in [0.3, 0.4) is 0 Å². The maximum Gasteiger partial charge on any atom is 0.453 e.